The molecule has 0 bridgehead atoms. The predicted octanol–water partition coefficient (Wildman–Crippen LogP) is 4.16. The monoisotopic (exact) mass is 555 g/mol. The van der Waals surface area contributed by atoms with Crippen LogP contribution in [0.1, 0.15) is 30.4 Å². The van der Waals surface area contributed by atoms with Gasteiger partial charge in [0.05, 0.1) is 36.6 Å². The second-order valence-electron chi connectivity index (χ2n) is 11.0. The molecule has 5 rings (SSSR count). The Morgan fingerprint density at radius 2 is 1.98 bits per heavy atom. The number of anilines is 1. The van der Waals surface area contributed by atoms with Gasteiger partial charge in [-0.05, 0) is 43.2 Å². The highest BCUT2D eigenvalue weighted by atomic mass is 19.2. The van der Waals surface area contributed by atoms with E-state index in [0.717, 1.165) is 11.8 Å². The Balaban J connectivity index is 1.42. The first-order valence-corrected chi connectivity index (χ1v) is 13.3. The molecular formula is C29H35F2N5O4. The van der Waals surface area contributed by atoms with Crippen molar-refractivity contribution in [2.24, 2.45) is 5.41 Å². The summed E-state index contributed by atoms with van der Waals surface area (Å²) in [6, 6.07) is 12.9. The summed E-state index contributed by atoms with van der Waals surface area (Å²) in [6.07, 6.45) is 0.458. The molecule has 3 heterocycles. The highest BCUT2D eigenvalue weighted by Crippen LogP contribution is 2.36. The Kier molecular flexibility index (Phi) is 8.07. The summed E-state index contributed by atoms with van der Waals surface area (Å²) in [6.45, 7) is 6.89. The molecule has 0 spiro atoms. The Morgan fingerprint density at radius 3 is 2.65 bits per heavy atom. The lowest BCUT2D eigenvalue weighted by atomic mass is 9.79. The smallest absolute Gasteiger partial charge is 0.320 e. The van der Waals surface area contributed by atoms with Crippen LogP contribution in [0.5, 0.6) is 5.88 Å². The number of hydrogen-bond acceptors (Lipinski definition) is 6. The zero-order valence-electron chi connectivity index (χ0n) is 22.9. The minimum atomic E-state index is -0.924. The summed E-state index contributed by atoms with van der Waals surface area (Å²) in [4.78, 5) is 13.6. The average Bonchev–Trinajstić information content (AvgIpc) is 3.48. The molecule has 40 heavy (non-hydrogen) atoms. The van der Waals surface area contributed by atoms with E-state index in [1.165, 1.54) is 6.07 Å². The number of carbonyl (C=O) groups excluding carboxylic acids is 1. The zero-order valence-corrected chi connectivity index (χ0v) is 22.9. The van der Waals surface area contributed by atoms with Crippen molar-refractivity contribution in [1.82, 2.24) is 20.4 Å². The van der Waals surface area contributed by atoms with E-state index in [1.54, 1.807) is 17.9 Å². The number of benzene rings is 2. The molecule has 2 aromatic carbocycles. The number of para-hydroxylation sites is 1. The van der Waals surface area contributed by atoms with Crippen LogP contribution in [0.4, 0.5) is 19.4 Å². The minimum absolute atomic E-state index is 0.0774. The number of nitrogens with one attached hydrogen (secondary N) is 3. The van der Waals surface area contributed by atoms with Gasteiger partial charge in [-0.1, -0.05) is 31.2 Å². The number of hydrogen-bond donors (Lipinski definition) is 3. The third kappa shape index (κ3) is 5.67. The van der Waals surface area contributed by atoms with Crippen molar-refractivity contribution in [2.45, 2.75) is 31.7 Å². The highest BCUT2D eigenvalue weighted by Gasteiger charge is 2.45. The van der Waals surface area contributed by atoms with Crippen LogP contribution in [0.25, 0.3) is 5.69 Å². The van der Waals surface area contributed by atoms with Gasteiger partial charge in [-0.15, -0.1) is 5.10 Å². The lowest BCUT2D eigenvalue weighted by molar-refractivity contribution is -0.120. The largest absolute Gasteiger partial charge is 0.476 e. The number of urea groups is 1. The van der Waals surface area contributed by atoms with Gasteiger partial charge in [0.15, 0.2) is 11.6 Å². The topological polar surface area (TPSA) is 98.7 Å². The quantitative estimate of drug-likeness (QED) is 0.348. The molecule has 2 atom stereocenters. The molecule has 2 fully saturated rings. The summed E-state index contributed by atoms with van der Waals surface area (Å²) >= 11 is 0. The van der Waals surface area contributed by atoms with Crippen LogP contribution in [0.15, 0.2) is 48.5 Å². The van der Waals surface area contributed by atoms with Crippen LogP contribution in [0.2, 0.25) is 0 Å². The standard InChI is InChI=1S/C29H35F2N5O4/c1-19-25(36(21-7-5-4-6-8-21)35-26(19)40-18-28(2)16-39-17-28)33-27(37)34-29(11-12-38-3)15-32-14-22(29)20-9-10-23(30)24(31)13-20/h4-10,13,22,32H,11-12,14-18H2,1-3H3,(H2,33,34,37)/t22-,29+/m0/s1. The highest BCUT2D eigenvalue weighted by molar-refractivity contribution is 5.90. The molecule has 0 saturated carbocycles. The third-order valence-electron chi connectivity index (χ3n) is 7.69. The molecule has 214 valence electrons. The van der Waals surface area contributed by atoms with Gasteiger partial charge in [0.1, 0.15) is 5.82 Å². The Hall–Kier alpha value is -3.54. The van der Waals surface area contributed by atoms with E-state index in [-0.39, 0.29) is 11.3 Å². The van der Waals surface area contributed by atoms with Crippen molar-refractivity contribution in [3.05, 3.63) is 71.3 Å². The van der Waals surface area contributed by atoms with E-state index in [1.807, 2.05) is 37.3 Å². The van der Waals surface area contributed by atoms with E-state index >= 15 is 0 Å². The second-order valence-corrected chi connectivity index (χ2v) is 11.0. The summed E-state index contributed by atoms with van der Waals surface area (Å²) < 4.78 is 46.3. The van der Waals surface area contributed by atoms with Crippen molar-refractivity contribution in [2.75, 3.05) is 51.9 Å². The molecule has 0 radical (unpaired) electrons. The number of halogens is 2. The molecule has 9 nitrogen and oxygen atoms in total. The molecule has 2 amide bonds. The molecule has 2 saturated heterocycles. The summed E-state index contributed by atoms with van der Waals surface area (Å²) in [5.41, 5.74) is 1.13. The molecule has 1 aromatic heterocycles. The van der Waals surface area contributed by atoms with Crippen molar-refractivity contribution >= 4 is 11.8 Å². The molecular weight excluding hydrogens is 520 g/mol. The molecule has 2 aliphatic rings. The fourth-order valence-electron chi connectivity index (χ4n) is 5.32. The molecule has 11 heteroatoms. The summed E-state index contributed by atoms with van der Waals surface area (Å²) in [7, 11) is 1.59. The molecule has 3 N–H and O–H groups in total. The normalized spacial score (nSPS) is 21.6. The number of amides is 2. The average molecular weight is 556 g/mol. The van der Waals surface area contributed by atoms with E-state index in [9.17, 15) is 13.6 Å². The van der Waals surface area contributed by atoms with E-state index < -0.39 is 23.2 Å². The van der Waals surface area contributed by atoms with Gasteiger partial charge in [-0.3, -0.25) is 5.32 Å². The van der Waals surface area contributed by atoms with E-state index in [4.69, 9.17) is 14.2 Å². The lowest BCUT2D eigenvalue weighted by Crippen LogP contribution is -2.55. The number of methoxy groups -OCH3 is 1. The van der Waals surface area contributed by atoms with Gasteiger partial charge in [0.25, 0.3) is 0 Å². The predicted molar refractivity (Wildman–Crippen MR) is 146 cm³/mol. The maximum absolute atomic E-state index is 14.2. The van der Waals surface area contributed by atoms with Gasteiger partial charge in [0, 0.05) is 38.1 Å². The van der Waals surface area contributed by atoms with Crippen LogP contribution in [-0.2, 0) is 9.47 Å². The maximum atomic E-state index is 14.2. The van der Waals surface area contributed by atoms with Gasteiger partial charge in [-0.25, -0.2) is 18.3 Å². The minimum Gasteiger partial charge on any atom is -0.476 e. The Morgan fingerprint density at radius 1 is 1.20 bits per heavy atom. The number of rotatable bonds is 10. The first kappa shape index (κ1) is 28.0. The number of carbonyl (C=O) groups is 1. The zero-order chi connectivity index (χ0) is 28.3. The first-order valence-electron chi connectivity index (χ1n) is 13.3. The summed E-state index contributed by atoms with van der Waals surface area (Å²) in [5, 5.41) is 14.1. The number of nitrogens with zero attached hydrogens (tertiary/aromatic N) is 2. The first-order chi connectivity index (χ1) is 19.2. The van der Waals surface area contributed by atoms with Gasteiger partial charge >= 0.3 is 6.03 Å². The van der Waals surface area contributed by atoms with Crippen LogP contribution in [0, 0.1) is 24.0 Å². The SMILES string of the molecule is COCC[C@@]1(NC(=O)Nc2c(C)c(OCC3(C)COC3)nn2-c2ccccc2)CNC[C@H]1c1ccc(F)c(F)c1. The molecule has 2 aliphatic heterocycles. The van der Waals surface area contributed by atoms with Crippen LogP contribution < -0.4 is 20.7 Å². The van der Waals surface area contributed by atoms with Crippen LogP contribution >= 0.6 is 0 Å². The molecule has 0 unspecified atom stereocenters. The molecule has 3 aromatic rings. The van der Waals surface area contributed by atoms with Gasteiger partial charge in [0.2, 0.25) is 5.88 Å². The second kappa shape index (κ2) is 11.5. The Bertz CT molecular complexity index is 1350. The van der Waals surface area contributed by atoms with Crippen molar-refractivity contribution < 1.29 is 27.8 Å². The maximum Gasteiger partial charge on any atom is 0.320 e. The van der Waals surface area contributed by atoms with Crippen LogP contribution in [0.3, 0.4) is 0 Å². The van der Waals surface area contributed by atoms with Crippen molar-refractivity contribution in [3.63, 3.8) is 0 Å². The van der Waals surface area contributed by atoms with E-state index in [0.29, 0.717) is 68.8 Å². The lowest BCUT2D eigenvalue weighted by Gasteiger charge is -2.37. The fourth-order valence-corrected chi connectivity index (χ4v) is 5.32. The summed E-state index contributed by atoms with van der Waals surface area (Å²) in [5.74, 6) is -1.27. The number of ether oxygens (including phenoxy) is 3. The van der Waals surface area contributed by atoms with Gasteiger partial charge in [-0.2, -0.15) is 0 Å². The van der Waals surface area contributed by atoms with Crippen LogP contribution in [-0.4, -0.2) is 68.0 Å². The van der Waals surface area contributed by atoms with Crippen molar-refractivity contribution in [3.8, 4) is 11.6 Å². The van der Waals surface area contributed by atoms with E-state index in [2.05, 4.69) is 28.0 Å². The van der Waals surface area contributed by atoms with Crippen molar-refractivity contribution in [1.29, 1.82) is 0 Å². The molecule has 0 aliphatic carbocycles. The third-order valence-corrected chi connectivity index (χ3v) is 7.69. The Labute approximate surface area is 232 Å². The number of aromatic nitrogens is 2. The fraction of sp³-hybridized carbons (Fsp3) is 0.448. The van der Waals surface area contributed by atoms with Gasteiger partial charge < -0.3 is 24.8 Å².